The van der Waals surface area contributed by atoms with Crippen molar-refractivity contribution < 1.29 is 23.0 Å². The second kappa shape index (κ2) is 10.7. The zero-order chi connectivity index (χ0) is 24.3. The lowest BCUT2D eigenvalue weighted by Gasteiger charge is -2.30. The molecular formula is C23H35N5O5S. The fourth-order valence-corrected chi connectivity index (χ4v) is 5.69. The van der Waals surface area contributed by atoms with Crippen molar-refractivity contribution in [2.24, 2.45) is 0 Å². The summed E-state index contributed by atoms with van der Waals surface area (Å²) in [4.78, 5) is 14.0. The Labute approximate surface area is 201 Å². The lowest BCUT2D eigenvalue weighted by atomic mass is 9.83. The number of aliphatic hydroxyl groups is 1. The highest BCUT2D eigenvalue weighted by Crippen LogP contribution is 2.38. The molecule has 1 saturated carbocycles. The monoisotopic (exact) mass is 493 g/mol. The second-order valence-electron chi connectivity index (χ2n) is 9.46. The van der Waals surface area contributed by atoms with Gasteiger partial charge in [0.25, 0.3) is 0 Å². The van der Waals surface area contributed by atoms with Crippen LogP contribution in [0, 0.1) is 0 Å². The molecule has 188 valence electrons. The van der Waals surface area contributed by atoms with Gasteiger partial charge in [0.05, 0.1) is 29.9 Å². The van der Waals surface area contributed by atoms with E-state index >= 15 is 0 Å². The first-order chi connectivity index (χ1) is 16.2. The number of anilines is 1. The number of hydrogen-bond acceptors (Lipinski definition) is 9. The average Bonchev–Trinajstić information content (AvgIpc) is 2.80. The van der Waals surface area contributed by atoms with Gasteiger partial charge in [-0.1, -0.05) is 0 Å². The highest BCUT2D eigenvalue weighted by molar-refractivity contribution is 7.88. The Morgan fingerprint density at radius 1 is 1.15 bits per heavy atom. The van der Waals surface area contributed by atoms with Crippen molar-refractivity contribution in [3.8, 4) is 5.88 Å². The first kappa shape index (κ1) is 25.0. The highest BCUT2D eigenvalue weighted by atomic mass is 32.2. The minimum absolute atomic E-state index is 0.0494. The summed E-state index contributed by atoms with van der Waals surface area (Å²) in [5, 5.41) is 14.0. The quantitative estimate of drug-likeness (QED) is 0.569. The Morgan fingerprint density at radius 3 is 2.50 bits per heavy atom. The number of hydrogen-bond donors (Lipinski definition) is 2. The van der Waals surface area contributed by atoms with Gasteiger partial charge in [-0.15, -0.1) is 0 Å². The van der Waals surface area contributed by atoms with Crippen molar-refractivity contribution in [1.29, 1.82) is 0 Å². The number of ether oxygens (including phenoxy) is 2. The summed E-state index contributed by atoms with van der Waals surface area (Å²) >= 11 is 0. The van der Waals surface area contributed by atoms with Crippen LogP contribution in [0.1, 0.15) is 56.9 Å². The van der Waals surface area contributed by atoms with Gasteiger partial charge >= 0.3 is 0 Å². The van der Waals surface area contributed by atoms with Gasteiger partial charge in [0.15, 0.2) is 0 Å². The second-order valence-corrected chi connectivity index (χ2v) is 11.4. The van der Waals surface area contributed by atoms with Gasteiger partial charge in [-0.05, 0) is 51.4 Å². The van der Waals surface area contributed by atoms with Crippen LogP contribution in [0.25, 0.3) is 10.9 Å². The number of nitrogens with zero attached hydrogens (tertiary/aromatic N) is 4. The molecule has 2 aliphatic rings. The molecule has 0 spiro atoms. The van der Waals surface area contributed by atoms with Gasteiger partial charge in [0, 0.05) is 44.2 Å². The molecule has 0 amide bonds. The summed E-state index contributed by atoms with van der Waals surface area (Å²) in [6.07, 6.45) is 8.99. The third kappa shape index (κ3) is 5.94. The molecule has 2 aromatic rings. The molecule has 2 fully saturated rings. The van der Waals surface area contributed by atoms with E-state index in [0.717, 1.165) is 42.1 Å². The van der Waals surface area contributed by atoms with Crippen LogP contribution in [0.15, 0.2) is 12.4 Å². The molecule has 0 aromatic carbocycles. The third-order valence-electron chi connectivity index (χ3n) is 6.69. The summed E-state index contributed by atoms with van der Waals surface area (Å²) in [7, 11) is -1.53. The molecule has 2 aromatic heterocycles. The van der Waals surface area contributed by atoms with Crippen molar-refractivity contribution in [3.05, 3.63) is 18.0 Å². The lowest BCUT2D eigenvalue weighted by molar-refractivity contribution is 0.122. The number of sulfonamides is 1. The largest absolute Gasteiger partial charge is 0.474 e. The Morgan fingerprint density at radius 2 is 1.85 bits per heavy atom. The van der Waals surface area contributed by atoms with Gasteiger partial charge in [0.2, 0.25) is 21.9 Å². The van der Waals surface area contributed by atoms with Gasteiger partial charge in [0.1, 0.15) is 6.10 Å². The summed E-state index contributed by atoms with van der Waals surface area (Å²) < 4.78 is 36.6. The van der Waals surface area contributed by atoms with E-state index in [1.165, 1.54) is 10.6 Å². The van der Waals surface area contributed by atoms with E-state index in [1.54, 1.807) is 13.3 Å². The Balaban J connectivity index is 1.61. The number of pyridine rings is 1. The number of nitrogens with one attached hydrogen (secondary N) is 1. The normalized spacial score (nSPS) is 23.6. The standard InChI is InChI=1S/C23H35N5O5S/c1-15(14-32-2)26-23-25-13-20-21(27-23)19(16-4-6-17(29)7-5-16)12-24-22(20)33-18-8-10-28(11-9-18)34(3,30)31/h12-13,15-18,29H,4-11,14H2,1-3H3,(H,25,26,27)/t15-,16-,17-/m0/s1. The minimum atomic E-state index is -3.19. The predicted octanol–water partition coefficient (Wildman–Crippen LogP) is 2.29. The fourth-order valence-electron chi connectivity index (χ4n) is 4.82. The summed E-state index contributed by atoms with van der Waals surface area (Å²) in [5.74, 6) is 1.27. The fraction of sp³-hybridized carbons (Fsp3) is 0.696. The summed E-state index contributed by atoms with van der Waals surface area (Å²) in [5.41, 5.74) is 1.85. The number of aliphatic hydroxyl groups excluding tert-OH is 1. The molecule has 4 rings (SSSR count). The van der Waals surface area contributed by atoms with Crippen molar-refractivity contribution in [2.45, 2.75) is 69.6 Å². The van der Waals surface area contributed by atoms with Gasteiger partial charge in [-0.2, -0.15) is 0 Å². The minimum Gasteiger partial charge on any atom is -0.474 e. The molecule has 0 radical (unpaired) electrons. The van der Waals surface area contributed by atoms with Crippen LogP contribution in [-0.2, 0) is 14.8 Å². The van der Waals surface area contributed by atoms with Crippen LogP contribution in [0.2, 0.25) is 0 Å². The molecule has 1 saturated heterocycles. The number of piperidine rings is 1. The van der Waals surface area contributed by atoms with Crippen molar-refractivity contribution in [3.63, 3.8) is 0 Å². The van der Waals surface area contributed by atoms with Crippen molar-refractivity contribution in [1.82, 2.24) is 19.3 Å². The molecule has 34 heavy (non-hydrogen) atoms. The molecule has 2 N–H and O–H groups in total. The maximum Gasteiger partial charge on any atom is 0.224 e. The number of aromatic nitrogens is 3. The number of rotatable bonds is 8. The molecule has 10 nitrogen and oxygen atoms in total. The van der Waals surface area contributed by atoms with Crippen LogP contribution in [0.5, 0.6) is 5.88 Å². The van der Waals surface area contributed by atoms with E-state index < -0.39 is 10.0 Å². The van der Waals surface area contributed by atoms with Crippen LogP contribution < -0.4 is 10.1 Å². The summed E-state index contributed by atoms with van der Waals surface area (Å²) in [6, 6.07) is 0.0494. The van der Waals surface area contributed by atoms with E-state index in [-0.39, 0.29) is 24.2 Å². The molecule has 1 atom stereocenters. The van der Waals surface area contributed by atoms with E-state index in [0.29, 0.717) is 44.4 Å². The molecule has 0 unspecified atom stereocenters. The van der Waals surface area contributed by atoms with Gasteiger partial charge < -0.3 is 19.9 Å². The first-order valence-electron chi connectivity index (χ1n) is 12.0. The highest BCUT2D eigenvalue weighted by Gasteiger charge is 2.28. The van der Waals surface area contributed by atoms with Crippen LogP contribution in [0.3, 0.4) is 0 Å². The first-order valence-corrected chi connectivity index (χ1v) is 13.8. The van der Waals surface area contributed by atoms with Crippen LogP contribution in [0.4, 0.5) is 5.95 Å². The molecule has 1 aliphatic heterocycles. The smallest absolute Gasteiger partial charge is 0.224 e. The maximum atomic E-state index is 11.8. The Kier molecular flexibility index (Phi) is 7.86. The molecular weight excluding hydrogens is 458 g/mol. The predicted molar refractivity (Wildman–Crippen MR) is 130 cm³/mol. The lowest BCUT2D eigenvalue weighted by Crippen LogP contribution is -2.41. The third-order valence-corrected chi connectivity index (χ3v) is 7.99. The number of methoxy groups -OCH3 is 1. The Bertz CT molecular complexity index is 1080. The molecule has 11 heteroatoms. The van der Waals surface area contributed by atoms with Crippen LogP contribution in [-0.4, -0.2) is 84.1 Å². The Hall–Kier alpha value is -2.08. The average molecular weight is 494 g/mol. The zero-order valence-electron chi connectivity index (χ0n) is 20.1. The molecule has 3 heterocycles. The van der Waals surface area contributed by atoms with Crippen molar-refractivity contribution in [2.75, 3.05) is 38.4 Å². The molecule has 0 bridgehead atoms. The van der Waals surface area contributed by atoms with E-state index in [9.17, 15) is 13.5 Å². The van der Waals surface area contributed by atoms with E-state index in [4.69, 9.17) is 14.5 Å². The van der Waals surface area contributed by atoms with Crippen molar-refractivity contribution >= 4 is 26.9 Å². The topological polar surface area (TPSA) is 127 Å². The maximum absolute atomic E-state index is 11.8. The summed E-state index contributed by atoms with van der Waals surface area (Å²) in [6.45, 7) is 3.41. The zero-order valence-corrected chi connectivity index (χ0v) is 20.9. The number of fused-ring (bicyclic) bond motifs is 1. The molecule has 1 aliphatic carbocycles. The SMILES string of the molecule is COC[C@H](C)Nc1ncc2c(OC3CCN(S(C)(=O)=O)CC3)ncc([C@H]3CC[C@H](O)CC3)c2n1. The van der Waals surface area contributed by atoms with Crippen LogP contribution >= 0.6 is 0 Å². The van der Waals surface area contributed by atoms with E-state index in [2.05, 4.69) is 15.3 Å². The van der Waals surface area contributed by atoms with Gasteiger partial charge in [-0.25, -0.2) is 27.7 Å². The van der Waals surface area contributed by atoms with Gasteiger partial charge in [-0.3, -0.25) is 0 Å². The van der Waals surface area contributed by atoms with E-state index in [1.807, 2.05) is 13.1 Å².